The highest BCUT2D eigenvalue weighted by Crippen LogP contribution is 2.20. The lowest BCUT2D eigenvalue weighted by molar-refractivity contribution is 0.0781. The molecule has 1 saturated heterocycles. The summed E-state index contributed by atoms with van der Waals surface area (Å²) < 4.78 is 0. The standard InChI is InChI=1S/C15H23N3O/c1-3-8-16-13-5-6-14(17-10-13)15(19)18-9-7-12(4-2)11-18/h5-6,10,12,16H,3-4,7-9,11H2,1-2H3. The molecule has 0 aromatic carbocycles. The normalized spacial score (nSPS) is 18.6. The van der Waals surface area contributed by atoms with Crippen LogP contribution in [0.1, 0.15) is 43.6 Å². The van der Waals surface area contributed by atoms with E-state index in [4.69, 9.17) is 0 Å². The molecule has 1 amide bonds. The number of carbonyl (C=O) groups excluding carboxylic acids is 1. The van der Waals surface area contributed by atoms with Crippen molar-refractivity contribution in [3.05, 3.63) is 24.0 Å². The van der Waals surface area contributed by atoms with Gasteiger partial charge in [-0.2, -0.15) is 0 Å². The first-order valence-electron chi connectivity index (χ1n) is 7.23. The van der Waals surface area contributed by atoms with Crippen molar-refractivity contribution in [3.63, 3.8) is 0 Å². The van der Waals surface area contributed by atoms with E-state index in [0.29, 0.717) is 11.6 Å². The number of nitrogens with one attached hydrogen (secondary N) is 1. The van der Waals surface area contributed by atoms with Crippen LogP contribution in [0.5, 0.6) is 0 Å². The second-order valence-corrected chi connectivity index (χ2v) is 5.17. The summed E-state index contributed by atoms with van der Waals surface area (Å²) in [6, 6.07) is 3.75. The van der Waals surface area contributed by atoms with E-state index in [-0.39, 0.29) is 5.91 Å². The zero-order valence-corrected chi connectivity index (χ0v) is 11.9. The molecule has 19 heavy (non-hydrogen) atoms. The predicted octanol–water partition coefficient (Wildman–Crippen LogP) is 2.78. The molecule has 1 fully saturated rings. The van der Waals surface area contributed by atoms with Gasteiger partial charge in [0.25, 0.3) is 5.91 Å². The minimum absolute atomic E-state index is 0.0676. The van der Waals surface area contributed by atoms with Crippen LogP contribution >= 0.6 is 0 Å². The SMILES string of the molecule is CCCNc1ccc(C(=O)N2CCC(CC)C2)nc1. The first-order valence-corrected chi connectivity index (χ1v) is 7.23. The van der Waals surface area contributed by atoms with Crippen LogP contribution in [0.25, 0.3) is 0 Å². The number of pyridine rings is 1. The largest absolute Gasteiger partial charge is 0.384 e. The summed E-state index contributed by atoms with van der Waals surface area (Å²) in [7, 11) is 0. The van der Waals surface area contributed by atoms with Gasteiger partial charge in [-0.05, 0) is 30.9 Å². The van der Waals surface area contributed by atoms with Crippen molar-refractivity contribution in [1.82, 2.24) is 9.88 Å². The Morgan fingerprint density at radius 1 is 1.47 bits per heavy atom. The highest BCUT2D eigenvalue weighted by Gasteiger charge is 2.26. The first-order chi connectivity index (χ1) is 9.24. The van der Waals surface area contributed by atoms with Gasteiger partial charge in [-0.15, -0.1) is 0 Å². The van der Waals surface area contributed by atoms with Gasteiger partial charge in [0, 0.05) is 19.6 Å². The minimum Gasteiger partial charge on any atom is -0.384 e. The molecule has 1 aliphatic rings. The summed E-state index contributed by atoms with van der Waals surface area (Å²) in [5.74, 6) is 0.729. The Hall–Kier alpha value is -1.58. The molecule has 0 aliphatic carbocycles. The summed E-state index contributed by atoms with van der Waals surface area (Å²) in [5.41, 5.74) is 1.53. The summed E-state index contributed by atoms with van der Waals surface area (Å²) in [6.07, 6.45) is 5.10. The van der Waals surface area contributed by atoms with Gasteiger partial charge in [0.05, 0.1) is 11.9 Å². The van der Waals surface area contributed by atoms with Crippen LogP contribution in [-0.4, -0.2) is 35.4 Å². The lowest BCUT2D eigenvalue weighted by Crippen LogP contribution is -2.29. The molecular formula is C15H23N3O. The number of amides is 1. The molecule has 1 N–H and O–H groups in total. The molecule has 0 radical (unpaired) electrons. The maximum Gasteiger partial charge on any atom is 0.272 e. The molecule has 2 heterocycles. The Balaban J connectivity index is 1.96. The second kappa shape index (κ2) is 6.55. The van der Waals surface area contributed by atoms with E-state index in [2.05, 4.69) is 24.1 Å². The lowest BCUT2D eigenvalue weighted by atomic mass is 10.1. The zero-order chi connectivity index (χ0) is 13.7. The monoisotopic (exact) mass is 261 g/mol. The molecule has 1 aromatic heterocycles. The number of hydrogen-bond acceptors (Lipinski definition) is 3. The number of hydrogen-bond donors (Lipinski definition) is 1. The van der Waals surface area contributed by atoms with Gasteiger partial charge < -0.3 is 10.2 Å². The van der Waals surface area contributed by atoms with Gasteiger partial charge in [-0.3, -0.25) is 4.79 Å². The average Bonchev–Trinajstić information content (AvgIpc) is 2.94. The van der Waals surface area contributed by atoms with Gasteiger partial charge in [-0.1, -0.05) is 20.3 Å². The second-order valence-electron chi connectivity index (χ2n) is 5.17. The molecule has 2 rings (SSSR count). The van der Waals surface area contributed by atoms with Crippen LogP contribution in [0.15, 0.2) is 18.3 Å². The third-order valence-corrected chi connectivity index (χ3v) is 3.71. The number of anilines is 1. The smallest absolute Gasteiger partial charge is 0.272 e. The molecule has 0 spiro atoms. The Bertz CT molecular complexity index is 416. The summed E-state index contributed by atoms with van der Waals surface area (Å²) in [4.78, 5) is 18.5. The third kappa shape index (κ3) is 3.46. The fourth-order valence-electron chi connectivity index (χ4n) is 2.41. The van der Waals surface area contributed by atoms with Gasteiger partial charge in [-0.25, -0.2) is 4.98 Å². The maximum absolute atomic E-state index is 12.3. The van der Waals surface area contributed by atoms with Crippen LogP contribution in [0.3, 0.4) is 0 Å². The third-order valence-electron chi connectivity index (χ3n) is 3.71. The van der Waals surface area contributed by atoms with E-state index in [1.807, 2.05) is 17.0 Å². The van der Waals surface area contributed by atoms with E-state index in [9.17, 15) is 4.79 Å². The van der Waals surface area contributed by atoms with Crippen molar-refractivity contribution >= 4 is 11.6 Å². The Morgan fingerprint density at radius 3 is 2.89 bits per heavy atom. The fourth-order valence-corrected chi connectivity index (χ4v) is 2.41. The molecule has 1 aromatic rings. The first kappa shape index (κ1) is 13.8. The zero-order valence-electron chi connectivity index (χ0n) is 11.9. The molecular weight excluding hydrogens is 238 g/mol. The molecule has 4 heteroatoms. The molecule has 0 bridgehead atoms. The van der Waals surface area contributed by atoms with Crippen molar-refractivity contribution in [3.8, 4) is 0 Å². The van der Waals surface area contributed by atoms with Gasteiger partial charge in [0.1, 0.15) is 5.69 Å². The molecule has 1 aliphatic heterocycles. The predicted molar refractivity (Wildman–Crippen MR) is 77.3 cm³/mol. The molecule has 1 unspecified atom stereocenters. The van der Waals surface area contributed by atoms with Crippen LogP contribution in [0, 0.1) is 5.92 Å². The highest BCUT2D eigenvalue weighted by molar-refractivity contribution is 5.92. The quantitative estimate of drug-likeness (QED) is 0.886. The molecule has 0 saturated carbocycles. The Morgan fingerprint density at radius 2 is 2.32 bits per heavy atom. The van der Waals surface area contributed by atoms with E-state index in [1.165, 1.54) is 0 Å². The van der Waals surface area contributed by atoms with Crippen LogP contribution in [-0.2, 0) is 0 Å². The summed E-state index contributed by atoms with van der Waals surface area (Å²) in [5, 5.41) is 3.26. The van der Waals surface area contributed by atoms with Crippen LogP contribution < -0.4 is 5.32 Å². The number of rotatable bonds is 5. The number of aromatic nitrogens is 1. The van der Waals surface area contributed by atoms with Crippen molar-refractivity contribution in [2.45, 2.75) is 33.1 Å². The van der Waals surface area contributed by atoms with E-state index >= 15 is 0 Å². The average molecular weight is 261 g/mol. The van der Waals surface area contributed by atoms with Crippen LogP contribution in [0.2, 0.25) is 0 Å². The van der Waals surface area contributed by atoms with Crippen LogP contribution in [0.4, 0.5) is 5.69 Å². The van der Waals surface area contributed by atoms with E-state index in [0.717, 1.165) is 44.6 Å². The van der Waals surface area contributed by atoms with Crippen molar-refractivity contribution < 1.29 is 4.79 Å². The number of likely N-dealkylation sites (tertiary alicyclic amines) is 1. The summed E-state index contributed by atoms with van der Waals surface area (Å²) in [6.45, 7) is 6.99. The lowest BCUT2D eigenvalue weighted by Gasteiger charge is -2.15. The molecule has 104 valence electrons. The highest BCUT2D eigenvalue weighted by atomic mass is 16.2. The number of carbonyl (C=O) groups is 1. The summed E-state index contributed by atoms with van der Waals surface area (Å²) >= 11 is 0. The van der Waals surface area contributed by atoms with E-state index in [1.54, 1.807) is 6.20 Å². The van der Waals surface area contributed by atoms with Gasteiger partial charge in [0.2, 0.25) is 0 Å². The topological polar surface area (TPSA) is 45.2 Å². The Labute approximate surface area is 115 Å². The van der Waals surface area contributed by atoms with E-state index < -0.39 is 0 Å². The van der Waals surface area contributed by atoms with Crippen molar-refractivity contribution in [2.24, 2.45) is 5.92 Å². The molecule has 1 atom stereocenters. The van der Waals surface area contributed by atoms with Gasteiger partial charge in [0.15, 0.2) is 0 Å². The molecule has 4 nitrogen and oxygen atoms in total. The maximum atomic E-state index is 12.3. The fraction of sp³-hybridized carbons (Fsp3) is 0.600. The minimum atomic E-state index is 0.0676. The van der Waals surface area contributed by atoms with Gasteiger partial charge >= 0.3 is 0 Å². The Kier molecular flexibility index (Phi) is 4.77. The van der Waals surface area contributed by atoms with Crippen molar-refractivity contribution in [1.29, 1.82) is 0 Å². The van der Waals surface area contributed by atoms with Crippen molar-refractivity contribution in [2.75, 3.05) is 25.0 Å². The number of nitrogens with zero attached hydrogens (tertiary/aromatic N) is 2.